The van der Waals surface area contributed by atoms with Crippen LogP contribution in [0.5, 0.6) is 5.75 Å². The van der Waals surface area contributed by atoms with Gasteiger partial charge < -0.3 is 15.2 Å². The third kappa shape index (κ3) is 5.14. The average molecular weight is 458 g/mol. The first-order valence-electron chi connectivity index (χ1n) is 11.8. The van der Waals surface area contributed by atoms with E-state index < -0.39 is 11.4 Å². The van der Waals surface area contributed by atoms with Crippen LogP contribution >= 0.6 is 0 Å². The van der Waals surface area contributed by atoms with Crippen molar-refractivity contribution < 1.29 is 19.4 Å². The molecular weight excluding hydrogens is 426 g/mol. The topological polar surface area (TPSA) is 75.6 Å². The van der Waals surface area contributed by atoms with Gasteiger partial charge >= 0.3 is 5.97 Å². The number of hydrogen-bond acceptors (Lipinski definition) is 4. The van der Waals surface area contributed by atoms with Gasteiger partial charge in [0, 0.05) is 18.5 Å². The number of ketones is 1. The van der Waals surface area contributed by atoms with Gasteiger partial charge in [0.15, 0.2) is 5.78 Å². The largest absolute Gasteiger partial charge is 0.492 e. The summed E-state index contributed by atoms with van der Waals surface area (Å²) in [5, 5.41) is 13.5. The number of anilines is 1. The average Bonchev–Trinajstić information content (AvgIpc) is 3.20. The smallest absolute Gasteiger partial charge is 0.310 e. The van der Waals surface area contributed by atoms with Crippen LogP contribution in [0.2, 0.25) is 0 Å². The van der Waals surface area contributed by atoms with Crippen LogP contribution in [0.25, 0.3) is 0 Å². The first-order valence-corrected chi connectivity index (χ1v) is 11.8. The summed E-state index contributed by atoms with van der Waals surface area (Å²) in [5.41, 5.74) is 4.64. The van der Waals surface area contributed by atoms with Gasteiger partial charge in [0.1, 0.15) is 5.75 Å². The molecule has 0 fully saturated rings. The van der Waals surface area contributed by atoms with Gasteiger partial charge in [0.25, 0.3) is 0 Å². The van der Waals surface area contributed by atoms with Gasteiger partial charge in [-0.15, -0.1) is 0 Å². The number of carboxylic acids is 1. The Hall–Kier alpha value is -3.60. The maximum Gasteiger partial charge on any atom is 0.310 e. The van der Waals surface area contributed by atoms with E-state index in [-0.39, 0.29) is 12.2 Å². The number of aryl methyl sites for hydroxylation is 1. The van der Waals surface area contributed by atoms with Crippen molar-refractivity contribution in [3.05, 3.63) is 94.5 Å². The molecule has 0 amide bonds. The number of fused-ring (bicyclic) bond motifs is 1. The standard InChI is InChI=1S/C29H31NO4/c1-3-34-27-12-11-22(16-25(27)30-14-13-21-8-6-7-20(2)15-21)26(31)19-29(28(32)33)17-23-9-4-5-10-24(23)18-29/h4-12,15-16,30H,3,13-14,17-19H2,1-2H3,(H,32,33). The summed E-state index contributed by atoms with van der Waals surface area (Å²) >= 11 is 0. The lowest BCUT2D eigenvalue weighted by Gasteiger charge is -2.23. The highest BCUT2D eigenvalue weighted by atomic mass is 16.5. The van der Waals surface area contributed by atoms with Gasteiger partial charge in [-0.2, -0.15) is 0 Å². The molecule has 0 heterocycles. The zero-order valence-corrected chi connectivity index (χ0v) is 19.8. The minimum atomic E-state index is -1.10. The van der Waals surface area contributed by atoms with Gasteiger partial charge in [-0.3, -0.25) is 9.59 Å². The Morgan fingerprint density at radius 3 is 2.38 bits per heavy atom. The van der Waals surface area contributed by atoms with Crippen LogP contribution in [0.3, 0.4) is 0 Å². The molecule has 0 aliphatic heterocycles. The van der Waals surface area contributed by atoms with Crippen molar-refractivity contribution in [2.75, 3.05) is 18.5 Å². The highest BCUT2D eigenvalue weighted by Crippen LogP contribution is 2.41. The molecule has 1 aliphatic rings. The number of nitrogens with one attached hydrogen (secondary N) is 1. The molecule has 176 valence electrons. The van der Waals surface area contributed by atoms with Gasteiger partial charge in [-0.1, -0.05) is 54.1 Å². The lowest BCUT2D eigenvalue weighted by Crippen LogP contribution is -2.34. The third-order valence-electron chi connectivity index (χ3n) is 6.54. The van der Waals surface area contributed by atoms with Crippen molar-refractivity contribution in [1.29, 1.82) is 0 Å². The van der Waals surface area contributed by atoms with Crippen molar-refractivity contribution in [3.8, 4) is 5.75 Å². The van der Waals surface area contributed by atoms with Crippen LogP contribution in [0.1, 0.15) is 46.0 Å². The molecule has 0 unspecified atom stereocenters. The van der Waals surface area contributed by atoms with Crippen LogP contribution in [0.4, 0.5) is 5.69 Å². The number of rotatable bonds is 10. The minimum absolute atomic E-state index is 0.0340. The predicted octanol–water partition coefficient (Wildman–Crippen LogP) is 5.49. The van der Waals surface area contributed by atoms with E-state index in [1.54, 1.807) is 18.2 Å². The van der Waals surface area contributed by atoms with Gasteiger partial charge in [0.05, 0.1) is 17.7 Å². The number of carbonyl (C=O) groups excluding carboxylic acids is 1. The minimum Gasteiger partial charge on any atom is -0.492 e. The van der Waals surface area contributed by atoms with Crippen molar-refractivity contribution in [1.82, 2.24) is 0 Å². The molecule has 3 aromatic rings. The monoisotopic (exact) mass is 457 g/mol. The van der Waals surface area contributed by atoms with E-state index in [9.17, 15) is 14.7 Å². The van der Waals surface area contributed by atoms with Crippen molar-refractivity contribution in [3.63, 3.8) is 0 Å². The Labute approximate surface area is 200 Å². The molecule has 0 aromatic heterocycles. The lowest BCUT2D eigenvalue weighted by atomic mass is 9.79. The Bertz CT molecular complexity index is 1180. The number of carboxylic acid groups (broad SMARTS) is 1. The molecule has 0 saturated carbocycles. The number of aliphatic carboxylic acids is 1. The molecule has 0 spiro atoms. The summed E-state index contributed by atoms with van der Waals surface area (Å²) in [7, 11) is 0. The van der Waals surface area contributed by atoms with E-state index in [2.05, 4.69) is 36.5 Å². The van der Waals surface area contributed by atoms with E-state index in [0.29, 0.717) is 37.3 Å². The van der Waals surface area contributed by atoms with E-state index in [4.69, 9.17) is 4.74 Å². The van der Waals surface area contributed by atoms with E-state index in [1.807, 2.05) is 31.2 Å². The molecule has 3 aromatic carbocycles. The zero-order valence-electron chi connectivity index (χ0n) is 19.8. The van der Waals surface area contributed by atoms with Crippen LogP contribution < -0.4 is 10.1 Å². The first kappa shape index (κ1) is 23.6. The van der Waals surface area contributed by atoms with Crippen LogP contribution in [-0.4, -0.2) is 30.0 Å². The molecule has 2 N–H and O–H groups in total. The highest BCUT2D eigenvalue weighted by molar-refractivity contribution is 6.00. The fraction of sp³-hybridized carbons (Fsp3) is 0.310. The van der Waals surface area contributed by atoms with Crippen LogP contribution in [0, 0.1) is 12.3 Å². The first-order chi connectivity index (χ1) is 16.4. The number of ether oxygens (including phenoxy) is 1. The number of benzene rings is 3. The van der Waals surface area contributed by atoms with Gasteiger partial charge in [0.2, 0.25) is 0 Å². The quantitative estimate of drug-likeness (QED) is 0.394. The molecule has 0 bridgehead atoms. The molecule has 0 saturated heterocycles. The number of Topliss-reactive ketones (excluding diaryl/α,β-unsaturated/α-hetero) is 1. The summed E-state index contributed by atoms with van der Waals surface area (Å²) < 4.78 is 5.76. The zero-order chi connectivity index (χ0) is 24.1. The lowest BCUT2D eigenvalue weighted by molar-refractivity contribution is -0.148. The predicted molar refractivity (Wildman–Crippen MR) is 134 cm³/mol. The van der Waals surface area contributed by atoms with Crippen LogP contribution in [-0.2, 0) is 24.1 Å². The highest BCUT2D eigenvalue weighted by Gasteiger charge is 2.45. The molecular formula is C29H31NO4. The van der Waals surface area contributed by atoms with Crippen molar-refractivity contribution in [2.24, 2.45) is 5.41 Å². The molecule has 0 radical (unpaired) electrons. The maximum absolute atomic E-state index is 13.3. The maximum atomic E-state index is 13.3. The molecule has 5 nitrogen and oxygen atoms in total. The Morgan fingerprint density at radius 1 is 1.00 bits per heavy atom. The van der Waals surface area contributed by atoms with E-state index in [0.717, 1.165) is 23.2 Å². The van der Waals surface area contributed by atoms with E-state index in [1.165, 1.54) is 11.1 Å². The SMILES string of the molecule is CCOc1ccc(C(=O)CC2(C(=O)O)Cc3ccccc3C2)cc1NCCc1cccc(C)c1. The fourth-order valence-electron chi connectivity index (χ4n) is 4.79. The molecule has 5 heteroatoms. The second kappa shape index (κ2) is 10.1. The third-order valence-corrected chi connectivity index (χ3v) is 6.54. The number of carbonyl (C=O) groups is 2. The van der Waals surface area contributed by atoms with Gasteiger partial charge in [-0.25, -0.2) is 0 Å². The normalized spacial score (nSPS) is 13.8. The van der Waals surface area contributed by atoms with Crippen molar-refractivity contribution in [2.45, 2.75) is 39.5 Å². The molecule has 4 rings (SSSR count). The van der Waals surface area contributed by atoms with E-state index >= 15 is 0 Å². The summed E-state index contributed by atoms with van der Waals surface area (Å²) in [5.74, 6) is -0.399. The second-order valence-corrected chi connectivity index (χ2v) is 9.12. The fourth-order valence-corrected chi connectivity index (χ4v) is 4.79. The second-order valence-electron chi connectivity index (χ2n) is 9.12. The Morgan fingerprint density at radius 2 is 1.74 bits per heavy atom. The number of hydrogen-bond donors (Lipinski definition) is 2. The Balaban J connectivity index is 1.50. The van der Waals surface area contributed by atoms with Gasteiger partial charge in [-0.05, 0) is 68.0 Å². The summed E-state index contributed by atoms with van der Waals surface area (Å²) in [4.78, 5) is 25.6. The summed E-state index contributed by atoms with van der Waals surface area (Å²) in [6.07, 6.45) is 1.56. The van der Waals surface area contributed by atoms with Crippen molar-refractivity contribution >= 4 is 17.4 Å². The Kier molecular flexibility index (Phi) is 7.01. The van der Waals surface area contributed by atoms with Crippen LogP contribution in [0.15, 0.2) is 66.7 Å². The molecule has 34 heavy (non-hydrogen) atoms. The summed E-state index contributed by atoms with van der Waals surface area (Å²) in [6, 6.07) is 21.5. The molecule has 1 aliphatic carbocycles. The summed E-state index contributed by atoms with van der Waals surface area (Å²) in [6.45, 7) is 5.20. The molecule has 0 atom stereocenters.